The van der Waals surface area contributed by atoms with Gasteiger partial charge in [-0.25, -0.2) is 4.63 Å². The summed E-state index contributed by atoms with van der Waals surface area (Å²) in [6, 6.07) is 0. The lowest BCUT2D eigenvalue weighted by atomic mass is 10.2. The Hall–Kier alpha value is -1.39. The number of nitrogens with two attached hydrogens (primary N) is 1. The molecule has 0 fully saturated rings. The average Bonchev–Trinajstić information content (AvgIpc) is 2.15. The van der Waals surface area contributed by atoms with Gasteiger partial charge >= 0.3 is 0 Å². The van der Waals surface area contributed by atoms with Crippen molar-refractivity contribution in [3.63, 3.8) is 0 Å². The lowest BCUT2D eigenvalue weighted by molar-refractivity contribution is -0.116. The highest BCUT2D eigenvalue weighted by Crippen LogP contribution is 2.04. The smallest absolute Gasteiger partial charge is 0.191 e. The standard InChI is InChI=1S/C5H7N3O2/c1-3(9)2-4-5(6)8-10-7-4/h2H2,1H3,(H2,6,8). The molecule has 1 rings (SSSR count). The number of nitrogen functional groups attached to an aromatic ring is 1. The number of ketones is 1. The predicted molar refractivity (Wildman–Crippen MR) is 33.1 cm³/mol. The minimum absolute atomic E-state index is 0.0117. The molecule has 5 nitrogen and oxygen atoms in total. The van der Waals surface area contributed by atoms with Crippen molar-refractivity contribution < 1.29 is 9.42 Å². The first-order chi connectivity index (χ1) is 4.70. The fourth-order valence-corrected chi connectivity index (χ4v) is 0.572. The summed E-state index contributed by atoms with van der Waals surface area (Å²) < 4.78 is 4.27. The van der Waals surface area contributed by atoms with Gasteiger partial charge in [0.2, 0.25) is 0 Å². The van der Waals surface area contributed by atoms with Crippen molar-refractivity contribution in [2.75, 3.05) is 5.73 Å². The average molecular weight is 141 g/mol. The molecule has 0 spiro atoms. The zero-order chi connectivity index (χ0) is 7.56. The quantitative estimate of drug-likeness (QED) is 0.615. The van der Waals surface area contributed by atoms with E-state index in [2.05, 4.69) is 14.9 Å². The normalized spacial score (nSPS) is 9.70. The molecule has 0 radical (unpaired) electrons. The molecule has 5 heteroatoms. The summed E-state index contributed by atoms with van der Waals surface area (Å²) in [7, 11) is 0. The van der Waals surface area contributed by atoms with Crippen LogP contribution in [0.2, 0.25) is 0 Å². The van der Waals surface area contributed by atoms with Gasteiger partial charge in [-0.1, -0.05) is 5.16 Å². The third-order valence-electron chi connectivity index (χ3n) is 1.00. The van der Waals surface area contributed by atoms with E-state index in [4.69, 9.17) is 5.73 Å². The monoisotopic (exact) mass is 141 g/mol. The van der Waals surface area contributed by atoms with Gasteiger partial charge < -0.3 is 5.73 Å². The van der Waals surface area contributed by atoms with Crippen LogP contribution >= 0.6 is 0 Å². The van der Waals surface area contributed by atoms with Crippen molar-refractivity contribution in [3.8, 4) is 0 Å². The fourth-order valence-electron chi connectivity index (χ4n) is 0.572. The molecule has 0 aromatic carbocycles. The maximum atomic E-state index is 10.5. The minimum Gasteiger partial charge on any atom is -0.379 e. The van der Waals surface area contributed by atoms with E-state index in [1.165, 1.54) is 6.92 Å². The van der Waals surface area contributed by atoms with Gasteiger partial charge in [0.1, 0.15) is 11.5 Å². The molecular weight excluding hydrogens is 134 g/mol. The summed E-state index contributed by atoms with van der Waals surface area (Å²) in [5.41, 5.74) is 5.68. The Morgan fingerprint density at radius 1 is 1.70 bits per heavy atom. The molecule has 0 unspecified atom stereocenters. The van der Waals surface area contributed by atoms with Crippen molar-refractivity contribution >= 4 is 11.6 Å². The van der Waals surface area contributed by atoms with E-state index in [0.717, 1.165) is 0 Å². The summed E-state index contributed by atoms with van der Waals surface area (Å²) >= 11 is 0. The van der Waals surface area contributed by atoms with Crippen molar-refractivity contribution in [2.24, 2.45) is 0 Å². The molecule has 1 aromatic rings. The summed E-state index contributed by atoms with van der Waals surface area (Å²) in [6.07, 6.45) is 0.190. The maximum Gasteiger partial charge on any atom is 0.191 e. The Kier molecular flexibility index (Phi) is 1.66. The minimum atomic E-state index is -0.0117. The molecule has 2 N–H and O–H groups in total. The number of aromatic nitrogens is 2. The number of Topliss-reactive ketones (excluding diaryl/α,β-unsaturated/α-hetero) is 1. The second-order valence-electron chi connectivity index (χ2n) is 1.97. The van der Waals surface area contributed by atoms with Gasteiger partial charge in [0.05, 0.1) is 6.42 Å². The van der Waals surface area contributed by atoms with Crippen LogP contribution in [0.4, 0.5) is 5.82 Å². The number of carbonyl (C=O) groups excluding carboxylic acids is 1. The van der Waals surface area contributed by atoms with E-state index in [0.29, 0.717) is 5.69 Å². The third kappa shape index (κ3) is 1.31. The molecule has 0 aliphatic carbocycles. The second-order valence-corrected chi connectivity index (χ2v) is 1.97. The lowest BCUT2D eigenvalue weighted by Gasteiger charge is -1.86. The number of carbonyl (C=O) groups is 1. The van der Waals surface area contributed by atoms with Crippen LogP contribution in [0, 0.1) is 0 Å². The number of nitrogens with zero attached hydrogens (tertiary/aromatic N) is 2. The molecule has 0 saturated carbocycles. The zero-order valence-electron chi connectivity index (χ0n) is 5.50. The van der Waals surface area contributed by atoms with Crippen LogP contribution in [0.5, 0.6) is 0 Å². The van der Waals surface area contributed by atoms with Crippen molar-refractivity contribution in [1.82, 2.24) is 10.3 Å². The highest BCUT2D eigenvalue weighted by Gasteiger charge is 2.07. The van der Waals surface area contributed by atoms with E-state index in [1.54, 1.807) is 0 Å². The molecule has 0 aliphatic rings. The van der Waals surface area contributed by atoms with E-state index in [1.807, 2.05) is 0 Å². The Bertz CT molecular complexity index is 243. The molecule has 1 aromatic heterocycles. The maximum absolute atomic E-state index is 10.5. The van der Waals surface area contributed by atoms with E-state index < -0.39 is 0 Å². The highest BCUT2D eigenvalue weighted by molar-refractivity contribution is 5.78. The van der Waals surface area contributed by atoms with E-state index in [-0.39, 0.29) is 18.0 Å². The van der Waals surface area contributed by atoms with Crippen LogP contribution in [0.1, 0.15) is 12.6 Å². The predicted octanol–water partition coefficient (Wildman–Crippen LogP) is -0.217. The first-order valence-electron chi connectivity index (χ1n) is 2.76. The second kappa shape index (κ2) is 2.47. The van der Waals surface area contributed by atoms with Crippen LogP contribution in [0.25, 0.3) is 0 Å². The Morgan fingerprint density at radius 3 is 2.80 bits per heavy atom. The van der Waals surface area contributed by atoms with E-state index >= 15 is 0 Å². The highest BCUT2D eigenvalue weighted by atomic mass is 16.6. The van der Waals surface area contributed by atoms with Crippen LogP contribution in [-0.4, -0.2) is 16.1 Å². The Morgan fingerprint density at radius 2 is 2.40 bits per heavy atom. The van der Waals surface area contributed by atoms with Gasteiger partial charge in [0, 0.05) is 0 Å². The van der Waals surface area contributed by atoms with Crippen LogP contribution in [0.15, 0.2) is 4.63 Å². The third-order valence-corrected chi connectivity index (χ3v) is 1.00. The fraction of sp³-hybridized carbons (Fsp3) is 0.400. The molecule has 0 amide bonds. The molecule has 0 saturated heterocycles. The molecular formula is C5H7N3O2. The molecule has 0 aliphatic heterocycles. The molecule has 54 valence electrons. The van der Waals surface area contributed by atoms with Crippen LogP contribution < -0.4 is 5.73 Å². The molecule has 10 heavy (non-hydrogen) atoms. The lowest BCUT2D eigenvalue weighted by Crippen LogP contribution is -2.00. The summed E-state index contributed by atoms with van der Waals surface area (Å²) in [6.45, 7) is 1.45. The van der Waals surface area contributed by atoms with Gasteiger partial charge in [-0.3, -0.25) is 4.79 Å². The summed E-state index contributed by atoms with van der Waals surface area (Å²) in [4.78, 5) is 10.5. The van der Waals surface area contributed by atoms with Gasteiger partial charge in [0.25, 0.3) is 0 Å². The number of hydrogen-bond donors (Lipinski definition) is 1. The first kappa shape index (κ1) is 6.73. The van der Waals surface area contributed by atoms with Gasteiger partial charge in [-0.05, 0) is 12.1 Å². The van der Waals surface area contributed by atoms with Gasteiger partial charge in [0.15, 0.2) is 5.82 Å². The number of anilines is 1. The van der Waals surface area contributed by atoms with Crippen LogP contribution in [-0.2, 0) is 11.2 Å². The molecule has 1 heterocycles. The van der Waals surface area contributed by atoms with E-state index in [9.17, 15) is 4.79 Å². The van der Waals surface area contributed by atoms with Crippen molar-refractivity contribution in [1.29, 1.82) is 0 Å². The Labute approximate surface area is 57.2 Å². The largest absolute Gasteiger partial charge is 0.379 e. The van der Waals surface area contributed by atoms with Gasteiger partial charge in [-0.15, -0.1) is 0 Å². The van der Waals surface area contributed by atoms with Crippen molar-refractivity contribution in [3.05, 3.63) is 5.69 Å². The van der Waals surface area contributed by atoms with Crippen molar-refractivity contribution in [2.45, 2.75) is 13.3 Å². The molecule has 0 atom stereocenters. The Balaban J connectivity index is 2.74. The number of rotatable bonds is 2. The number of hydrogen-bond acceptors (Lipinski definition) is 5. The van der Waals surface area contributed by atoms with Gasteiger partial charge in [-0.2, -0.15) is 0 Å². The molecule has 0 bridgehead atoms. The zero-order valence-corrected chi connectivity index (χ0v) is 5.50. The summed E-state index contributed by atoms with van der Waals surface area (Å²) in [5, 5.41) is 6.73. The first-order valence-corrected chi connectivity index (χ1v) is 2.76. The summed E-state index contributed by atoms with van der Waals surface area (Å²) in [5.74, 6) is 0.178. The SMILES string of the molecule is CC(=O)Cc1nonc1N. The van der Waals surface area contributed by atoms with Crippen LogP contribution in [0.3, 0.4) is 0 Å². The topological polar surface area (TPSA) is 82.0 Å².